The van der Waals surface area contributed by atoms with Crippen molar-refractivity contribution in [3.05, 3.63) is 35.5 Å². The first-order valence-electron chi connectivity index (χ1n) is 9.72. The van der Waals surface area contributed by atoms with Crippen molar-refractivity contribution >= 4 is 19.2 Å². The second-order valence-electron chi connectivity index (χ2n) is 9.58. The van der Waals surface area contributed by atoms with Gasteiger partial charge in [-0.3, -0.25) is 0 Å². The van der Waals surface area contributed by atoms with Crippen LogP contribution >= 0.6 is 0 Å². The number of aromatic nitrogens is 1. The van der Waals surface area contributed by atoms with Crippen molar-refractivity contribution in [1.82, 2.24) is 10.3 Å². The minimum Gasteiger partial charge on any atom is -0.416 e. The van der Waals surface area contributed by atoms with E-state index in [4.69, 9.17) is 4.43 Å². The van der Waals surface area contributed by atoms with Crippen LogP contribution in [-0.2, 0) is 10.8 Å². The van der Waals surface area contributed by atoms with Gasteiger partial charge >= 0.3 is 0 Å². The van der Waals surface area contributed by atoms with E-state index >= 15 is 0 Å². The smallest absolute Gasteiger partial charge is 0.191 e. The van der Waals surface area contributed by atoms with Gasteiger partial charge in [0, 0.05) is 42.2 Å². The number of piperidine rings is 1. The number of fused-ring (bicyclic) bond motifs is 2. The summed E-state index contributed by atoms with van der Waals surface area (Å²) in [4.78, 5) is 3.46. The van der Waals surface area contributed by atoms with Crippen LogP contribution in [0.4, 0.5) is 0 Å². The molecule has 1 fully saturated rings. The topological polar surface area (TPSA) is 37.0 Å². The molecule has 4 heteroatoms. The molecule has 3 atom stereocenters. The van der Waals surface area contributed by atoms with Crippen molar-refractivity contribution in [2.24, 2.45) is 5.92 Å². The lowest BCUT2D eigenvalue weighted by molar-refractivity contribution is 0.172. The van der Waals surface area contributed by atoms with Crippen molar-refractivity contribution < 1.29 is 4.43 Å². The Kier molecular flexibility index (Phi) is 4.13. The Morgan fingerprint density at radius 3 is 2.80 bits per heavy atom. The van der Waals surface area contributed by atoms with Gasteiger partial charge in [-0.2, -0.15) is 0 Å². The van der Waals surface area contributed by atoms with Gasteiger partial charge in [-0.1, -0.05) is 32.9 Å². The van der Waals surface area contributed by atoms with Crippen molar-refractivity contribution in [3.63, 3.8) is 0 Å². The van der Waals surface area contributed by atoms with Gasteiger partial charge in [0.2, 0.25) is 0 Å². The molecule has 2 heterocycles. The number of benzene rings is 1. The van der Waals surface area contributed by atoms with E-state index in [0.29, 0.717) is 17.9 Å². The second kappa shape index (κ2) is 5.97. The average molecular weight is 357 g/mol. The SMILES string of the molecule is CC(C)(C)[Si](C)(C)OC[C@H]1CN[C@@H]2Cc3c[nH]c4cccc(c34)[C@H]2C1. The third-order valence-electron chi connectivity index (χ3n) is 6.89. The van der Waals surface area contributed by atoms with Crippen molar-refractivity contribution in [2.45, 2.75) is 63.7 Å². The summed E-state index contributed by atoms with van der Waals surface area (Å²) in [7, 11) is -1.66. The lowest BCUT2D eigenvalue weighted by Crippen LogP contribution is -2.49. The number of rotatable bonds is 3. The highest BCUT2D eigenvalue weighted by molar-refractivity contribution is 6.74. The normalized spacial score (nSPS) is 26.7. The van der Waals surface area contributed by atoms with Gasteiger partial charge in [0.25, 0.3) is 0 Å². The standard InChI is InChI=1S/C21H32N2OSi/c1-21(2,3)25(4,5)24-13-14-9-17-16-7-6-8-18-20(16)15(12-23-18)10-19(17)22-11-14/h6-8,12,14,17,19,22-23H,9-11,13H2,1-5H3/t14-,17-,19-/m1/s1. The molecular formula is C21H32N2OSi. The summed E-state index contributed by atoms with van der Waals surface area (Å²) in [5, 5.41) is 5.61. The average Bonchev–Trinajstić information content (AvgIpc) is 2.97. The van der Waals surface area contributed by atoms with E-state index in [1.165, 1.54) is 28.5 Å². The highest BCUT2D eigenvalue weighted by Crippen LogP contribution is 2.42. The van der Waals surface area contributed by atoms with Gasteiger partial charge in [-0.25, -0.2) is 0 Å². The Morgan fingerprint density at radius 1 is 1.24 bits per heavy atom. The molecule has 0 spiro atoms. The Hall–Kier alpha value is -1.10. The highest BCUT2D eigenvalue weighted by atomic mass is 28.4. The fraction of sp³-hybridized carbons (Fsp3) is 0.619. The largest absolute Gasteiger partial charge is 0.416 e. The third-order valence-corrected chi connectivity index (χ3v) is 11.4. The number of hydrogen-bond donors (Lipinski definition) is 2. The molecule has 0 unspecified atom stereocenters. The number of nitrogens with one attached hydrogen (secondary N) is 2. The molecule has 1 aliphatic heterocycles. The first-order valence-corrected chi connectivity index (χ1v) is 12.6. The molecule has 2 aliphatic rings. The fourth-order valence-electron chi connectivity index (χ4n) is 4.29. The minimum absolute atomic E-state index is 0.286. The molecule has 1 aromatic heterocycles. The Labute approximate surface area is 152 Å². The van der Waals surface area contributed by atoms with E-state index in [9.17, 15) is 0 Å². The lowest BCUT2D eigenvalue weighted by atomic mass is 9.73. The Bertz CT molecular complexity index is 774. The van der Waals surface area contributed by atoms with E-state index in [-0.39, 0.29) is 5.04 Å². The molecule has 136 valence electrons. The van der Waals surface area contributed by atoms with Gasteiger partial charge in [0.1, 0.15) is 0 Å². The maximum absolute atomic E-state index is 6.53. The van der Waals surface area contributed by atoms with Crippen LogP contribution in [0.5, 0.6) is 0 Å². The molecule has 0 saturated carbocycles. The van der Waals surface area contributed by atoms with E-state index in [1.807, 2.05) is 0 Å². The van der Waals surface area contributed by atoms with Crippen LogP contribution in [0.3, 0.4) is 0 Å². The zero-order chi connectivity index (χ0) is 17.8. The minimum atomic E-state index is -1.66. The molecule has 25 heavy (non-hydrogen) atoms. The monoisotopic (exact) mass is 356 g/mol. The number of aromatic amines is 1. The first kappa shape index (κ1) is 17.3. The molecule has 0 radical (unpaired) electrons. The molecular weight excluding hydrogens is 324 g/mol. The van der Waals surface area contributed by atoms with Gasteiger partial charge in [0.05, 0.1) is 0 Å². The molecule has 3 nitrogen and oxygen atoms in total. The van der Waals surface area contributed by atoms with Crippen LogP contribution in [0.15, 0.2) is 24.4 Å². The molecule has 1 aliphatic carbocycles. The summed E-state index contributed by atoms with van der Waals surface area (Å²) in [6.07, 6.45) is 4.60. The molecule has 2 aromatic rings. The summed E-state index contributed by atoms with van der Waals surface area (Å²) in [5.74, 6) is 1.24. The van der Waals surface area contributed by atoms with Crippen LogP contribution in [0.1, 0.15) is 44.2 Å². The van der Waals surface area contributed by atoms with Gasteiger partial charge < -0.3 is 14.7 Å². The molecule has 2 N–H and O–H groups in total. The van der Waals surface area contributed by atoms with Crippen LogP contribution in [0.2, 0.25) is 18.1 Å². The first-order chi connectivity index (χ1) is 11.8. The zero-order valence-corrected chi connectivity index (χ0v) is 17.3. The molecule has 0 bridgehead atoms. The summed E-state index contributed by atoms with van der Waals surface area (Å²) < 4.78 is 6.53. The lowest BCUT2D eigenvalue weighted by Gasteiger charge is -2.42. The van der Waals surface area contributed by atoms with Crippen LogP contribution in [0.25, 0.3) is 10.9 Å². The van der Waals surface area contributed by atoms with E-state index in [2.05, 4.69) is 68.6 Å². The van der Waals surface area contributed by atoms with Gasteiger partial charge in [-0.05, 0) is 54.1 Å². The zero-order valence-electron chi connectivity index (χ0n) is 16.3. The fourth-order valence-corrected chi connectivity index (χ4v) is 5.37. The predicted molar refractivity (Wildman–Crippen MR) is 108 cm³/mol. The highest BCUT2D eigenvalue weighted by Gasteiger charge is 2.40. The maximum atomic E-state index is 6.53. The molecule has 4 rings (SSSR count). The predicted octanol–water partition coefficient (Wildman–Crippen LogP) is 4.81. The van der Waals surface area contributed by atoms with E-state index in [1.54, 1.807) is 0 Å². The molecule has 0 amide bonds. The number of H-pyrrole nitrogens is 1. The summed E-state index contributed by atoms with van der Waals surface area (Å²) in [6.45, 7) is 13.7. The van der Waals surface area contributed by atoms with E-state index in [0.717, 1.165) is 19.6 Å². The van der Waals surface area contributed by atoms with Crippen molar-refractivity contribution in [3.8, 4) is 0 Å². The quantitative estimate of drug-likeness (QED) is 0.775. The van der Waals surface area contributed by atoms with Gasteiger partial charge in [0.15, 0.2) is 8.32 Å². The van der Waals surface area contributed by atoms with Crippen LogP contribution < -0.4 is 5.32 Å². The summed E-state index contributed by atoms with van der Waals surface area (Å²) in [5.41, 5.74) is 4.32. The van der Waals surface area contributed by atoms with E-state index < -0.39 is 8.32 Å². The Morgan fingerprint density at radius 2 is 2.04 bits per heavy atom. The van der Waals surface area contributed by atoms with Crippen LogP contribution in [0, 0.1) is 5.92 Å². The second-order valence-corrected chi connectivity index (χ2v) is 14.4. The summed E-state index contributed by atoms with van der Waals surface area (Å²) >= 11 is 0. The maximum Gasteiger partial charge on any atom is 0.191 e. The van der Waals surface area contributed by atoms with Gasteiger partial charge in [-0.15, -0.1) is 0 Å². The molecule has 1 saturated heterocycles. The third kappa shape index (κ3) is 2.98. The summed E-state index contributed by atoms with van der Waals surface area (Å²) in [6, 6.07) is 7.33. The number of hydrogen-bond acceptors (Lipinski definition) is 2. The Balaban J connectivity index is 1.51. The van der Waals surface area contributed by atoms with Crippen LogP contribution in [-0.4, -0.2) is 32.5 Å². The van der Waals surface area contributed by atoms with Crippen molar-refractivity contribution in [1.29, 1.82) is 0 Å². The van der Waals surface area contributed by atoms with Crippen molar-refractivity contribution in [2.75, 3.05) is 13.2 Å². The molecule has 1 aromatic carbocycles.